The summed E-state index contributed by atoms with van der Waals surface area (Å²) in [4.78, 5) is 4.00. The zero-order valence-corrected chi connectivity index (χ0v) is 13.2. The van der Waals surface area contributed by atoms with Crippen molar-refractivity contribution in [1.29, 1.82) is 0 Å². The molecule has 0 aliphatic rings. The first-order chi connectivity index (χ1) is 9.38. The Morgan fingerprint density at radius 3 is 2.85 bits per heavy atom. The van der Waals surface area contributed by atoms with E-state index in [-0.39, 0.29) is 16.6 Å². The van der Waals surface area contributed by atoms with Crippen LogP contribution in [0.3, 0.4) is 0 Å². The van der Waals surface area contributed by atoms with Crippen LogP contribution < -0.4 is 10.5 Å². The Kier molecular flexibility index (Phi) is 4.46. The molecular weight excluding hydrogens is 344 g/mol. The van der Waals surface area contributed by atoms with Crippen LogP contribution in [0.2, 0.25) is 0 Å². The van der Waals surface area contributed by atoms with Crippen LogP contribution in [0, 0.1) is 0 Å². The average molecular weight is 359 g/mol. The normalized spacial score (nSPS) is 13.3. The minimum absolute atomic E-state index is 0.0816. The molecule has 8 heteroatoms. The molecule has 1 atom stereocenters. The number of hydrogen-bond donors (Lipinski definition) is 2. The van der Waals surface area contributed by atoms with E-state index in [1.807, 2.05) is 0 Å². The summed E-state index contributed by atoms with van der Waals surface area (Å²) in [6.45, 7) is 2.28. The van der Waals surface area contributed by atoms with E-state index < -0.39 is 10.0 Å². The lowest BCUT2D eigenvalue weighted by Gasteiger charge is -2.15. The van der Waals surface area contributed by atoms with Gasteiger partial charge in [-0.15, -0.1) is 0 Å². The first kappa shape index (κ1) is 15.0. The number of aromatic nitrogens is 2. The predicted octanol–water partition coefficient (Wildman–Crippen LogP) is 1.59. The zero-order valence-electron chi connectivity index (χ0n) is 10.8. The Morgan fingerprint density at radius 2 is 2.25 bits per heavy atom. The van der Waals surface area contributed by atoms with E-state index in [1.165, 1.54) is 6.07 Å². The molecule has 20 heavy (non-hydrogen) atoms. The molecule has 1 aromatic heterocycles. The maximum absolute atomic E-state index is 12.3. The SMILES string of the molecule is CC(Cn1ccnc1)NS(=O)(=O)c1ccc(Br)cc1N. The van der Waals surface area contributed by atoms with E-state index in [0.717, 1.165) is 4.47 Å². The average Bonchev–Trinajstić information content (AvgIpc) is 2.79. The first-order valence-corrected chi connectivity index (χ1v) is 8.19. The molecule has 2 rings (SSSR count). The van der Waals surface area contributed by atoms with Gasteiger partial charge in [0.05, 0.1) is 12.0 Å². The minimum Gasteiger partial charge on any atom is -0.398 e. The quantitative estimate of drug-likeness (QED) is 0.794. The van der Waals surface area contributed by atoms with Crippen LogP contribution in [0.15, 0.2) is 46.3 Å². The number of halogens is 1. The molecule has 0 spiro atoms. The van der Waals surface area contributed by atoms with Crippen LogP contribution in [0.1, 0.15) is 6.92 Å². The monoisotopic (exact) mass is 358 g/mol. The standard InChI is InChI=1S/C12H15BrN4O2S/c1-9(7-17-5-4-15-8-17)16-20(18,19)12-3-2-10(13)6-11(12)14/h2-6,8-9,16H,7,14H2,1H3. The number of nitrogens with two attached hydrogens (primary N) is 1. The Balaban J connectivity index is 2.14. The van der Waals surface area contributed by atoms with E-state index in [0.29, 0.717) is 6.54 Å². The van der Waals surface area contributed by atoms with Gasteiger partial charge in [-0.25, -0.2) is 18.1 Å². The molecule has 108 valence electrons. The predicted molar refractivity (Wildman–Crippen MR) is 80.6 cm³/mol. The van der Waals surface area contributed by atoms with Crippen LogP contribution in [0.25, 0.3) is 0 Å². The molecular formula is C12H15BrN4O2S. The first-order valence-electron chi connectivity index (χ1n) is 5.91. The van der Waals surface area contributed by atoms with Gasteiger partial charge in [-0.2, -0.15) is 0 Å². The molecule has 1 aromatic carbocycles. The second kappa shape index (κ2) is 5.94. The smallest absolute Gasteiger partial charge is 0.242 e. The van der Waals surface area contributed by atoms with Crippen molar-refractivity contribution < 1.29 is 8.42 Å². The zero-order chi connectivity index (χ0) is 14.8. The number of anilines is 1. The number of rotatable bonds is 5. The summed E-state index contributed by atoms with van der Waals surface area (Å²) in [6, 6.07) is 4.41. The van der Waals surface area contributed by atoms with E-state index in [1.54, 1.807) is 42.3 Å². The molecule has 0 saturated carbocycles. The third-order valence-corrected chi connectivity index (χ3v) is 4.82. The third-order valence-electron chi connectivity index (χ3n) is 2.66. The Morgan fingerprint density at radius 1 is 1.50 bits per heavy atom. The summed E-state index contributed by atoms with van der Waals surface area (Å²) < 4.78 is 29.7. The van der Waals surface area contributed by atoms with Crippen LogP contribution in [-0.4, -0.2) is 24.0 Å². The molecule has 0 radical (unpaired) electrons. The molecule has 6 nitrogen and oxygen atoms in total. The Bertz CT molecular complexity index is 685. The number of nitrogens with one attached hydrogen (secondary N) is 1. The minimum atomic E-state index is -3.64. The van der Waals surface area contributed by atoms with Crippen molar-refractivity contribution in [2.45, 2.75) is 24.4 Å². The van der Waals surface area contributed by atoms with Crippen LogP contribution in [-0.2, 0) is 16.6 Å². The Labute approximate surface area is 126 Å². The lowest BCUT2D eigenvalue weighted by Crippen LogP contribution is -2.35. The summed E-state index contributed by atoms with van der Waals surface area (Å²) in [5.41, 5.74) is 5.96. The van der Waals surface area contributed by atoms with E-state index in [9.17, 15) is 8.42 Å². The van der Waals surface area contributed by atoms with Gasteiger partial charge < -0.3 is 10.3 Å². The largest absolute Gasteiger partial charge is 0.398 e. The number of imidazole rings is 1. The van der Waals surface area contributed by atoms with Gasteiger partial charge in [0.2, 0.25) is 10.0 Å². The number of nitrogens with zero attached hydrogens (tertiary/aromatic N) is 2. The van der Waals surface area contributed by atoms with Gasteiger partial charge in [0.25, 0.3) is 0 Å². The molecule has 0 fully saturated rings. The van der Waals surface area contributed by atoms with E-state index in [4.69, 9.17) is 5.73 Å². The van der Waals surface area contributed by atoms with Crippen molar-refractivity contribution in [1.82, 2.24) is 14.3 Å². The van der Waals surface area contributed by atoms with Crippen molar-refractivity contribution in [2.24, 2.45) is 0 Å². The molecule has 1 unspecified atom stereocenters. The van der Waals surface area contributed by atoms with Crippen LogP contribution >= 0.6 is 15.9 Å². The fourth-order valence-corrected chi connectivity index (χ4v) is 3.57. The van der Waals surface area contributed by atoms with Crippen LogP contribution in [0.4, 0.5) is 5.69 Å². The van der Waals surface area contributed by atoms with Crippen LogP contribution in [0.5, 0.6) is 0 Å². The topological polar surface area (TPSA) is 90.0 Å². The van der Waals surface area contributed by atoms with Crippen molar-refractivity contribution in [3.8, 4) is 0 Å². The second-order valence-electron chi connectivity index (χ2n) is 4.46. The van der Waals surface area contributed by atoms with E-state index in [2.05, 4.69) is 25.6 Å². The molecule has 0 aliphatic carbocycles. The third kappa shape index (κ3) is 3.59. The molecule has 2 aromatic rings. The number of hydrogen-bond acceptors (Lipinski definition) is 4. The Hall–Kier alpha value is -1.38. The maximum atomic E-state index is 12.3. The summed E-state index contributed by atoms with van der Waals surface area (Å²) in [6.07, 6.45) is 5.06. The molecule has 0 bridgehead atoms. The highest BCUT2D eigenvalue weighted by molar-refractivity contribution is 9.10. The van der Waals surface area contributed by atoms with Gasteiger partial charge in [0.15, 0.2) is 0 Å². The maximum Gasteiger partial charge on any atom is 0.242 e. The number of benzene rings is 1. The second-order valence-corrected chi connectivity index (χ2v) is 7.06. The summed E-state index contributed by atoms with van der Waals surface area (Å²) >= 11 is 3.25. The highest BCUT2D eigenvalue weighted by Crippen LogP contribution is 2.22. The van der Waals surface area contributed by atoms with Crippen molar-refractivity contribution in [3.63, 3.8) is 0 Å². The van der Waals surface area contributed by atoms with Gasteiger partial charge in [0, 0.05) is 29.5 Å². The van der Waals surface area contributed by atoms with Crippen molar-refractivity contribution in [2.75, 3.05) is 5.73 Å². The summed E-state index contributed by atoms with van der Waals surface area (Å²) in [5, 5.41) is 0. The van der Waals surface area contributed by atoms with Gasteiger partial charge >= 0.3 is 0 Å². The van der Waals surface area contributed by atoms with Crippen molar-refractivity contribution >= 4 is 31.6 Å². The molecule has 0 saturated heterocycles. The highest BCUT2D eigenvalue weighted by atomic mass is 79.9. The summed E-state index contributed by atoms with van der Waals surface area (Å²) in [5.74, 6) is 0. The van der Waals surface area contributed by atoms with Gasteiger partial charge in [-0.3, -0.25) is 0 Å². The highest BCUT2D eigenvalue weighted by Gasteiger charge is 2.20. The molecule has 0 amide bonds. The van der Waals surface area contributed by atoms with Gasteiger partial charge in [0.1, 0.15) is 4.90 Å². The number of nitrogen functional groups attached to an aromatic ring is 1. The fourth-order valence-electron chi connectivity index (χ4n) is 1.84. The molecule has 0 aliphatic heterocycles. The summed E-state index contributed by atoms with van der Waals surface area (Å²) in [7, 11) is -3.64. The lowest BCUT2D eigenvalue weighted by molar-refractivity contribution is 0.520. The van der Waals surface area contributed by atoms with Gasteiger partial charge in [-0.1, -0.05) is 15.9 Å². The molecule has 3 N–H and O–H groups in total. The molecule has 1 heterocycles. The van der Waals surface area contributed by atoms with Crippen molar-refractivity contribution in [3.05, 3.63) is 41.4 Å². The van der Waals surface area contributed by atoms with E-state index >= 15 is 0 Å². The van der Waals surface area contributed by atoms with Gasteiger partial charge in [-0.05, 0) is 25.1 Å². The fraction of sp³-hybridized carbons (Fsp3) is 0.250. The lowest BCUT2D eigenvalue weighted by atomic mass is 10.3. The number of sulfonamides is 1.